The molecule has 1 aromatic carbocycles. The maximum atomic E-state index is 14.4. The molecule has 1 aromatic rings. The molecule has 0 radical (unpaired) electrons. The van der Waals surface area contributed by atoms with Gasteiger partial charge in [-0.05, 0) is 51.3 Å². The number of halogens is 1. The van der Waals surface area contributed by atoms with Crippen LogP contribution in [-0.4, -0.2) is 186 Å². The lowest BCUT2D eigenvalue weighted by molar-refractivity contribution is -0.198. The number of esters is 1. The fourth-order valence-electron chi connectivity index (χ4n) is 9.85. The van der Waals surface area contributed by atoms with E-state index in [-0.39, 0.29) is 82.7 Å². The number of fused-ring (bicyclic) bond motifs is 5. The Labute approximate surface area is 473 Å². The summed E-state index contributed by atoms with van der Waals surface area (Å²) in [5.74, 6) is -5.46. The number of nitrogens with one attached hydrogen (secondary N) is 2. The molecule has 80 heavy (non-hydrogen) atoms. The summed E-state index contributed by atoms with van der Waals surface area (Å²) >= 11 is 8.05. The number of ether oxygens (including phenoxy) is 6. The number of anilines is 1. The minimum Gasteiger partial charge on any atom is -0.495 e. The molecule has 6 rings (SSSR count). The number of rotatable bonds is 20. The van der Waals surface area contributed by atoms with E-state index in [4.69, 9.17) is 44.9 Å². The SMILES string of the molecule is COc1cc2cc(c1Cl)N(C)C(=O)C[C@H](OC(=O)[C@@H](C)N(C)C(=O)CCC(C)(C)SC1CC(=O)N(CCC(=O)NCCOCCC(=O)ON3C(=O)CCC3=O)C1=O)[C@]1(C)O[C@H]1[C@H](C)[C@@H]1C[C@@](O)(NC(=O)O1)[C@H](OC)/C=C/C=C(\C)C2. The molecule has 8 amide bonds. The number of hydrogen-bond donors (Lipinski definition) is 3. The van der Waals surface area contributed by atoms with Crippen molar-refractivity contribution < 1.29 is 86.3 Å². The molecule has 5 aliphatic heterocycles. The third kappa shape index (κ3) is 15.5. The largest absolute Gasteiger partial charge is 0.495 e. The van der Waals surface area contributed by atoms with Crippen LogP contribution in [0.25, 0.3) is 0 Å². The molecule has 4 bridgehead atoms. The number of methoxy groups -OCH3 is 2. The van der Waals surface area contributed by atoms with E-state index in [0.29, 0.717) is 22.9 Å². The van der Waals surface area contributed by atoms with Crippen LogP contribution in [0.15, 0.2) is 35.9 Å². The predicted molar refractivity (Wildman–Crippen MR) is 287 cm³/mol. The molecular weight excluding hydrogens is 1090 g/mol. The van der Waals surface area contributed by atoms with Crippen LogP contribution in [0.5, 0.6) is 5.75 Å². The summed E-state index contributed by atoms with van der Waals surface area (Å²) in [5.41, 5.74) is -1.27. The van der Waals surface area contributed by atoms with Crippen molar-refractivity contribution in [3.05, 3.63) is 46.5 Å². The van der Waals surface area contributed by atoms with Gasteiger partial charge in [0.25, 0.3) is 11.8 Å². The third-order valence-electron chi connectivity index (χ3n) is 14.9. The number of epoxide rings is 1. The number of imide groups is 2. The minimum atomic E-state index is -1.90. The highest BCUT2D eigenvalue weighted by atomic mass is 35.5. The summed E-state index contributed by atoms with van der Waals surface area (Å²) in [6, 6.07) is 2.35. The zero-order valence-corrected chi connectivity index (χ0v) is 48.4. The van der Waals surface area contributed by atoms with Gasteiger partial charge in [0.2, 0.25) is 29.5 Å². The van der Waals surface area contributed by atoms with Crippen molar-refractivity contribution in [2.75, 3.05) is 59.5 Å². The van der Waals surface area contributed by atoms with E-state index in [1.54, 1.807) is 38.1 Å². The molecule has 440 valence electrons. The number of thioether (sulfide) groups is 1. The topological polar surface area (TPSA) is 296 Å². The molecule has 4 fully saturated rings. The molecule has 26 heteroatoms. The predicted octanol–water partition coefficient (Wildman–Crippen LogP) is 3.45. The first-order valence-electron chi connectivity index (χ1n) is 26.4. The van der Waals surface area contributed by atoms with Crippen molar-refractivity contribution >= 4 is 88.4 Å². The smallest absolute Gasteiger partial charge is 0.409 e. The maximum Gasteiger partial charge on any atom is 0.409 e. The van der Waals surface area contributed by atoms with Gasteiger partial charge in [-0.1, -0.05) is 56.2 Å². The average Bonchev–Trinajstić information content (AvgIpc) is 4.15. The fraction of sp³-hybridized carbons (Fsp3) is 0.630. The van der Waals surface area contributed by atoms with Gasteiger partial charge in [0, 0.05) is 83.5 Å². The summed E-state index contributed by atoms with van der Waals surface area (Å²) < 4.78 is 34.1. The number of benzene rings is 1. The van der Waals surface area contributed by atoms with Crippen molar-refractivity contribution in [3.8, 4) is 5.75 Å². The van der Waals surface area contributed by atoms with Gasteiger partial charge in [-0.2, -0.15) is 0 Å². The first-order valence-corrected chi connectivity index (χ1v) is 27.7. The second-order valence-corrected chi connectivity index (χ2v) is 23.7. The van der Waals surface area contributed by atoms with Gasteiger partial charge < -0.3 is 53.5 Å². The molecule has 0 aromatic heterocycles. The number of carbonyl (C=O) groups is 10. The Morgan fingerprint density at radius 1 is 1.01 bits per heavy atom. The van der Waals surface area contributed by atoms with Crippen molar-refractivity contribution in [1.29, 1.82) is 0 Å². The van der Waals surface area contributed by atoms with Crippen LogP contribution in [0, 0.1) is 5.92 Å². The average molecular weight is 1160 g/mol. The highest BCUT2D eigenvalue weighted by molar-refractivity contribution is 8.02. The van der Waals surface area contributed by atoms with Gasteiger partial charge in [0.05, 0.1) is 50.2 Å². The second kappa shape index (κ2) is 26.6. The van der Waals surface area contributed by atoms with E-state index in [9.17, 15) is 53.1 Å². The summed E-state index contributed by atoms with van der Waals surface area (Å²) in [7, 11) is 5.84. The normalized spacial score (nSPS) is 27.8. The Morgan fingerprint density at radius 2 is 1.71 bits per heavy atom. The molecule has 4 saturated heterocycles. The van der Waals surface area contributed by atoms with E-state index in [1.807, 2.05) is 26.8 Å². The fourth-order valence-corrected chi connectivity index (χ4v) is 11.6. The highest BCUT2D eigenvalue weighted by Gasteiger charge is 2.64. The molecule has 9 atom stereocenters. The summed E-state index contributed by atoms with van der Waals surface area (Å²) in [5, 5.41) is 16.8. The Hall–Kier alpha value is -6.12. The minimum absolute atomic E-state index is 0.0263. The molecular formula is C54H73ClN6O18S. The number of amides is 8. The number of allylic oxidation sites excluding steroid dienone is 3. The summed E-state index contributed by atoms with van der Waals surface area (Å²) in [6.07, 6.45) is -0.184. The van der Waals surface area contributed by atoms with Crippen LogP contribution in [0.1, 0.15) is 105 Å². The van der Waals surface area contributed by atoms with Gasteiger partial charge >= 0.3 is 18.0 Å². The molecule has 5 heterocycles. The van der Waals surface area contributed by atoms with Crippen LogP contribution in [-0.2, 0) is 78.1 Å². The van der Waals surface area contributed by atoms with Crippen LogP contribution in [0.4, 0.5) is 10.5 Å². The number of alkyl carbamates (subject to hydrolysis) is 1. The lowest BCUT2D eigenvalue weighted by Gasteiger charge is -2.42. The van der Waals surface area contributed by atoms with Crippen molar-refractivity contribution in [2.24, 2.45) is 5.92 Å². The standard InChI is InChI=1S/C54H73ClN6O18S/c1-30-12-11-13-38(74-10)54(72)29-36(76-51(71)57-54)31(2)48-53(6,78-48)39(28-44(66)59(8)34-25-33(24-30)26-35(73-9)47(34)55)77-50(70)32(3)58(7)41(63)16-19-52(4,5)80-37-27-45(67)60(49(37)69)21-17-40(62)56-20-23-75-22-18-46(68)79-61-42(64)14-15-43(61)65/h11-13,25-26,31-32,36-39,48,72H,14-24,27-29H2,1-10H3,(H,56,62)(H,57,71)/b13-11+,30-12+/t31-,32-,36+,37?,38-,39+,48+,53+,54+/m1/s1. The molecule has 1 unspecified atom stereocenters. The van der Waals surface area contributed by atoms with Gasteiger partial charge in [-0.25, -0.2) is 14.4 Å². The zero-order valence-electron chi connectivity index (χ0n) is 46.8. The van der Waals surface area contributed by atoms with Gasteiger partial charge in [0.15, 0.2) is 5.72 Å². The van der Waals surface area contributed by atoms with E-state index in [0.717, 1.165) is 16.0 Å². The molecule has 0 saturated carbocycles. The van der Waals surface area contributed by atoms with E-state index in [1.165, 1.54) is 56.8 Å². The lowest BCUT2D eigenvalue weighted by Crippen LogP contribution is -2.63. The van der Waals surface area contributed by atoms with Crippen LogP contribution < -0.4 is 20.3 Å². The molecule has 5 aliphatic rings. The van der Waals surface area contributed by atoms with Crippen molar-refractivity contribution in [2.45, 2.75) is 158 Å². The van der Waals surface area contributed by atoms with Gasteiger partial charge in [-0.15, -0.1) is 16.8 Å². The number of aliphatic hydroxyl groups is 1. The quantitative estimate of drug-likeness (QED) is 0.0729. The van der Waals surface area contributed by atoms with Crippen LogP contribution in [0.2, 0.25) is 5.02 Å². The molecule has 3 N–H and O–H groups in total. The summed E-state index contributed by atoms with van der Waals surface area (Å²) in [4.78, 5) is 138. The van der Waals surface area contributed by atoms with Crippen LogP contribution >= 0.6 is 23.4 Å². The van der Waals surface area contributed by atoms with E-state index >= 15 is 0 Å². The van der Waals surface area contributed by atoms with Gasteiger partial charge in [-0.3, -0.25) is 43.8 Å². The number of carbonyl (C=O) groups excluding carboxylic acids is 10. The Morgan fingerprint density at radius 3 is 2.39 bits per heavy atom. The summed E-state index contributed by atoms with van der Waals surface area (Å²) in [6.45, 7) is 10.3. The number of nitrogens with zero attached hydrogens (tertiary/aromatic N) is 4. The number of likely N-dealkylation sites (tertiary alicyclic amines) is 1. The lowest BCUT2D eigenvalue weighted by atomic mass is 9.83. The van der Waals surface area contributed by atoms with Crippen molar-refractivity contribution in [3.63, 3.8) is 0 Å². The Bertz CT molecular complexity index is 2640. The molecule has 24 nitrogen and oxygen atoms in total. The maximum absolute atomic E-state index is 14.4. The highest BCUT2D eigenvalue weighted by Crippen LogP contribution is 2.49. The molecule has 0 spiro atoms. The van der Waals surface area contributed by atoms with Crippen LogP contribution in [0.3, 0.4) is 0 Å². The second-order valence-electron chi connectivity index (χ2n) is 21.4. The number of hydroxylamine groups is 2. The van der Waals surface area contributed by atoms with E-state index in [2.05, 4.69) is 10.6 Å². The molecule has 0 aliphatic carbocycles. The Balaban J connectivity index is 1.04. The first kappa shape index (κ1) is 63.1. The zero-order chi connectivity index (χ0) is 59.0. The number of likely N-dealkylation sites (N-methyl/N-ethyl adjacent to an activating group) is 1. The van der Waals surface area contributed by atoms with Crippen molar-refractivity contribution in [1.82, 2.24) is 25.5 Å². The first-order chi connectivity index (χ1) is 37.6. The van der Waals surface area contributed by atoms with Gasteiger partial charge in [0.1, 0.15) is 40.7 Å². The number of hydrogen-bond acceptors (Lipinski definition) is 19. The van der Waals surface area contributed by atoms with E-state index < -0.39 is 124 Å². The Kier molecular flexibility index (Phi) is 21.0. The monoisotopic (exact) mass is 1160 g/mol. The third-order valence-corrected chi connectivity index (χ3v) is 16.8.